The molecule has 3 nitrogen and oxygen atoms in total. The van der Waals surface area contributed by atoms with Gasteiger partial charge >= 0.3 is 5.97 Å². The third-order valence-corrected chi connectivity index (χ3v) is 3.95. The van der Waals surface area contributed by atoms with Crippen LogP contribution in [0.3, 0.4) is 0 Å². The number of halogens is 1. The fraction of sp³-hybridized carbons (Fsp3) is 0.533. The minimum Gasteiger partial charge on any atom is -0.478 e. The molecule has 1 aliphatic rings. The maximum atomic E-state index is 13.3. The molecular formula is C15H20FNO2. The van der Waals surface area contributed by atoms with Crippen molar-refractivity contribution in [2.75, 3.05) is 5.32 Å². The number of anilines is 1. The summed E-state index contributed by atoms with van der Waals surface area (Å²) in [6.45, 7) is 2.11. The van der Waals surface area contributed by atoms with Gasteiger partial charge in [0, 0.05) is 11.7 Å². The molecule has 19 heavy (non-hydrogen) atoms. The van der Waals surface area contributed by atoms with E-state index in [1.165, 1.54) is 44.2 Å². The summed E-state index contributed by atoms with van der Waals surface area (Å²) in [6.07, 6.45) is 6.26. The number of benzene rings is 1. The van der Waals surface area contributed by atoms with Gasteiger partial charge in [-0.15, -0.1) is 0 Å². The van der Waals surface area contributed by atoms with E-state index in [0.717, 1.165) is 0 Å². The van der Waals surface area contributed by atoms with Crippen molar-refractivity contribution in [3.63, 3.8) is 0 Å². The van der Waals surface area contributed by atoms with Crippen molar-refractivity contribution in [3.8, 4) is 0 Å². The van der Waals surface area contributed by atoms with Gasteiger partial charge in [0.05, 0.1) is 5.56 Å². The predicted molar refractivity (Wildman–Crippen MR) is 73.0 cm³/mol. The van der Waals surface area contributed by atoms with Gasteiger partial charge in [0.2, 0.25) is 0 Å². The van der Waals surface area contributed by atoms with Crippen LogP contribution >= 0.6 is 0 Å². The first-order valence-corrected chi connectivity index (χ1v) is 6.87. The molecular weight excluding hydrogens is 245 g/mol. The Balaban J connectivity index is 2.05. The van der Waals surface area contributed by atoms with Crippen molar-refractivity contribution >= 4 is 11.7 Å². The summed E-state index contributed by atoms with van der Waals surface area (Å²) in [5, 5.41) is 12.2. The van der Waals surface area contributed by atoms with Crippen molar-refractivity contribution in [3.05, 3.63) is 29.6 Å². The van der Waals surface area contributed by atoms with Gasteiger partial charge in [0.25, 0.3) is 0 Å². The molecule has 1 saturated carbocycles. The van der Waals surface area contributed by atoms with Crippen molar-refractivity contribution in [2.45, 2.75) is 45.1 Å². The van der Waals surface area contributed by atoms with E-state index in [1.807, 2.05) is 0 Å². The van der Waals surface area contributed by atoms with Crippen molar-refractivity contribution < 1.29 is 14.3 Å². The Morgan fingerprint density at radius 2 is 2.05 bits per heavy atom. The lowest BCUT2D eigenvalue weighted by Gasteiger charge is -2.29. The van der Waals surface area contributed by atoms with E-state index in [-0.39, 0.29) is 11.6 Å². The number of nitrogens with one attached hydrogen (secondary N) is 1. The molecule has 1 fully saturated rings. The third-order valence-electron chi connectivity index (χ3n) is 3.95. The van der Waals surface area contributed by atoms with Gasteiger partial charge in [-0.3, -0.25) is 0 Å². The molecule has 1 unspecified atom stereocenters. The maximum absolute atomic E-state index is 13.3. The van der Waals surface area contributed by atoms with Gasteiger partial charge in [0.1, 0.15) is 5.82 Å². The lowest BCUT2D eigenvalue weighted by atomic mass is 9.84. The standard InChI is InChI=1S/C15H20FNO2/c1-10(11-5-3-2-4-6-11)17-12-7-8-14(16)13(9-12)15(18)19/h7-11,17H,2-6H2,1H3,(H,18,19). The van der Waals surface area contributed by atoms with E-state index >= 15 is 0 Å². The van der Waals surface area contributed by atoms with Crippen LogP contribution in [0.4, 0.5) is 10.1 Å². The molecule has 2 N–H and O–H groups in total. The minimum absolute atomic E-state index is 0.277. The summed E-state index contributed by atoms with van der Waals surface area (Å²) in [7, 11) is 0. The highest BCUT2D eigenvalue weighted by molar-refractivity contribution is 5.89. The van der Waals surface area contributed by atoms with Crippen LogP contribution in [-0.4, -0.2) is 17.1 Å². The number of rotatable bonds is 4. The summed E-state index contributed by atoms with van der Waals surface area (Å²) >= 11 is 0. The molecule has 0 amide bonds. The Bertz CT molecular complexity index is 455. The second kappa shape index (κ2) is 6.04. The predicted octanol–water partition coefficient (Wildman–Crippen LogP) is 3.90. The molecule has 4 heteroatoms. The lowest BCUT2D eigenvalue weighted by Crippen LogP contribution is -2.27. The summed E-state index contributed by atoms with van der Waals surface area (Å²) in [6, 6.07) is 4.46. The van der Waals surface area contributed by atoms with Crippen LogP contribution in [0.25, 0.3) is 0 Å². The van der Waals surface area contributed by atoms with E-state index in [1.54, 1.807) is 6.07 Å². The van der Waals surface area contributed by atoms with E-state index in [0.29, 0.717) is 11.6 Å². The quantitative estimate of drug-likeness (QED) is 0.868. The summed E-state index contributed by atoms with van der Waals surface area (Å²) in [5.41, 5.74) is 0.401. The van der Waals surface area contributed by atoms with Crippen molar-refractivity contribution in [2.24, 2.45) is 5.92 Å². The van der Waals surface area contributed by atoms with Crippen LogP contribution < -0.4 is 5.32 Å². The zero-order valence-corrected chi connectivity index (χ0v) is 11.2. The highest BCUT2D eigenvalue weighted by Gasteiger charge is 2.20. The van der Waals surface area contributed by atoms with Crippen LogP contribution in [0.5, 0.6) is 0 Å². The van der Waals surface area contributed by atoms with Gasteiger partial charge in [-0.1, -0.05) is 19.3 Å². The monoisotopic (exact) mass is 265 g/mol. The fourth-order valence-electron chi connectivity index (χ4n) is 2.79. The number of aromatic carboxylic acids is 1. The highest BCUT2D eigenvalue weighted by atomic mass is 19.1. The second-order valence-corrected chi connectivity index (χ2v) is 5.33. The molecule has 0 bridgehead atoms. The van der Waals surface area contributed by atoms with Crippen LogP contribution in [0.1, 0.15) is 49.4 Å². The molecule has 0 heterocycles. The molecule has 1 aromatic carbocycles. The maximum Gasteiger partial charge on any atom is 0.338 e. The molecule has 0 aromatic heterocycles. The summed E-state index contributed by atoms with van der Waals surface area (Å²) < 4.78 is 13.3. The molecule has 1 aromatic rings. The first kappa shape index (κ1) is 13.8. The van der Waals surface area contributed by atoms with Gasteiger partial charge < -0.3 is 10.4 Å². The molecule has 1 aliphatic carbocycles. The average Bonchev–Trinajstić information content (AvgIpc) is 2.41. The van der Waals surface area contributed by atoms with E-state index < -0.39 is 11.8 Å². The van der Waals surface area contributed by atoms with E-state index in [9.17, 15) is 9.18 Å². The van der Waals surface area contributed by atoms with Crippen molar-refractivity contribution in [1.82, 2.24) is 0 Å². The van der Waals surface area contributed by atoms with Crippen LogP contribution in [0, 0.1) is 11.7 Å². The number of hydrogen-bond acceptors (Lipinski definition) is 2. The Labute approximate surface area is 112 Å². The second-order valence-electron chi connectivity index (χ2n) is 5.33. The topological polar surface area (TPSA) is 49.3 Å². The zero-order chi connectivity index (χ0) is 13.8. The number of carboxylic acids is 1. The molecule has 1 atom stereocenters. The van der Waals surface area contributed by atoms with Gasteiger partial charge in [0.15, 0.2) is 0 Å². The molecule has 0 radical (unpaired) electrons. The number of hydrogen-bond donors (Lipinski definition) is 2. The van der Waals surface area contributed by atoms with Gasteiger partial charge in [-0.05, 0) is 43.9 Å². The van der Waals surface area contributed by atoms with Crippen molar-refractivity contribution in [1.29, 1.82) is 0 Å². The summed E-state index contributed by atoms with van der Waals surface area (Å²) in [5.74, 6) is -1.30. The molecule has 104 valence electrons. The molecule has 0 spiro atoms. The Kier molecular flexibility index (Phi) is 4.40. The third kappa shape index (κ3) is 3.46. The lowest BCUT2D eigenvalue weighted by molar-refractivity contribution is 0.0692. The Morgan fingerprint density at radius 1 is 1.37 bits per heavy atom. The van der Waals surface area contributed by atoms with Gasteiger partial charge in [-0.25, -0.2) is 9.18 Å². The fourth-order valence-corrected chi connectivity index (χ4v) is 2.79. The smallest absolute Gasteiger partial charge is 0.338 e. The molecule has 0 saturated heterocycles. The molecule has 0 aliphatic heterocycles. The van der Waals surface area contributed by atoms with E-state index in [4.69, 9.17) is 5.11 Å². The Morgan fingerprint density at radius 3 is 2.68 bits per heavy atom. The minimum atomic E-state index is -1.23. The van der Waals surface area contributed by atoms with Crippen LogP contribution in [0.15, 0.2) is 18.2 Å². The zero-order valence-electron chi connectivity index (χ0n) is 11.2. The Hall–Kier alpha value is -1.58. The SMILES string of the molecule is CC(Nc1ccc(F)c(C(=O)O)c1)C1CCCCC1. The van der Waals surface area contributed by atoms with E-state index in [2.05, 4.69) is 12.2 Å². The average molecular weight is 265 g/mol. The summed E-state index contributed by atoms with van der Waals surface area (Å²) in [4.78, 5) is 10.9. The largest absolute Gasteiger partial charge is 0.478 e. The number of carbonyl (C=O) groups is 1. The number of carboxylic acid groups (broad SMARTS) is 1. The highest BCUT2D eigenvalue weighted by Crippen LogP contribution is 2.28. The van der Waals surface area contributed by atoms with Crippen LogP contribution in [-0.2, 0) is 0 Å². The first-order chi connectivity index (χ1) is 9.08. The van der Waals surface area contributed by atoms with Crippen LogP contribution in [0.2, 0.25) is 0 Å². The first-order valence-electron chi connectivity index (χ1n) is 6.87. The normalized spacial score (nSPS) is 18.0. The van der Waals surface area contributed by atoms with Gasteiger partial charge in [-0.2, -0.15) is 0 Å². The molecule has 2 rings (SSSR count).